The number of nitrogens with one attached hydrogen (secondary N) is 1. The third-order valence-electron chi connectivity index (χ3n) is 3.86. The number of aliphatic carboxylic acids is 1. The van der Waals surface area contributed by atoms with E-state index in [-0.39, 0.29) is 23.7 Å². The fourth-order valence-corrected chi connectivity index (χ4v) is 2.56. The molecular weight excluding hydrogens is 272 g/mol. The van der Waals surface area contributed by atoms with E-state index in [0.29, 0.717) is 38.8 Å². The zero-order valence-electron chi connectivity index (χ0n) is 13.1. The van der Waals surface area contributed by atoms with Gasteiger partial charge in [-0.1, -0.05) is 27.2 Å². The second-order valence-corrected chi connectivity index (χ2v) is 5.94. The van der Waals surface area contributed by atoms with E-state index in [1.54, 1.807) is 4.90 Å². The highest BCUT2D eigenvalue weighted by molar-refractivity contribution is 5.85. The van der Waals surface area contributed by atoms with Gasteiger partial charge in [0, 0.05) is 24.9 Å². The Bertz CT molecular complexity index is 387. The molecule has 21 heavy (non-hydrogen) atoms. The third kappa shape index (κ3) is 5.02. The maximum atomic E-state index is 12.1. The van der Waals surface area contributed by atoms with Gasteiger partial charge in [0.25, 0.3) is 0 Å². The Labute approximate surface area is 125 Å². The molecule has 1 fully saturated rings. The first-order valence-electron chi connectivity index (χ1n) is 7.68. The van der Waals surface area contributed by atoms with Crippen molar-refractivity contribution in [3.05, 3.63) is 0 Å². The largest absolute Gasteiger partial charge is 0.480 e. The van der Waals surface area contributed by atoms with Crippen LogP contribution >= 0.6 is 0 Å². The molecule has 0 aromatic carbocycles. The van der Waals surface area contributed by atoms with E-state index in [9.17, 15) is 14.4 Å². The van der Waals surface area contributed by atoms with E-state index in [2.05, 4.69) is 5.32 Å². The van der Waals surface area contributed by atoms with Gasteiger partial charge in [-0.3, -0.25) is 9.59 Å². The van der Waals surface area contributed by atoms with Gasteiger partial charge in [-0.05, 0) is 19.3 Å². The Kier molecular flexibility index (Phi) is 6.65. The van der Waals surface area contributed by atoms with Crippen LogP contribution in [0.3, 0.4) is 0 Å². The Morgan fingerprint density at radius 3 is 2.24 bits per heavy atom. The molecule has 6 heteroatoms. The minimum absolute atomic E-state index is 0.0312. The van der Waals surface area contributed by atoms with Gasteiger partial charge in [-0.2, -0.15) is 0 Å². The molecule has 0 unspecified atom stereocenters. The molecule has 0 aromatic heterocycles. The van der Waals surface area contributed by atoms with Crippen LogP contribution in [0.1, 0.15) is 46.5 Å². The standard InChI is InChI=1S/C15H26N2O4/c1-4-5-12(15(20)21)16-13(18)11-6-8-17(9-7-11)14(19)10(2)3/h10-12H,4-9H2,1-3H3,(H,16,18)(H,20,21)/t12-/m1/s1. The van der Waals surface area contributed by atoms with Crippen molar-refractivity contribution in [3.63, 3.8) is 0 Å². The van der Waals surface area contributed by atoms with Gasteiger partial charge in [0.1, 0.15) is 6.04 Å². The highest BCUT2D eigenvalue weighted by Crippen LogP contribution is 2.19. The van der Waals surface area contributed by atoms with E-state index in [4.69, 9.17) is 5.11 Å². The number of rotatable bonds is 6. The zero-order valence-corrected chi connectivity index (χ0v) is 13.1. The first kappa shape index (κ1) is 17.5. The summed E-state index contributed by atoms with van der Waals surface area (Å²) in [5, 5.41) is 11.7. The second kappa shape index (κ2) is 8.00. The molecule has 1 heterocycles. The van der Waals surface area contributed by atoms with Crippen LogP contribution < -0.4 is 5.32 Å². The van der Waals surface area contributed by atoms with Gasteiger partial charge in [0.05, 0.1) is 0 Å². The van der Waals surface area contributed by atoms with Crippen molar-refractivity contribution >= 4 is 17.8 Å². The predicted octanol–water partition coefficient (Wildman–Crippen LogP) is 1.25. The maximum absolute atomic E-state index is 12.1. The minimum atomic E-state index is -0.988. The topological polar surface area (TPSA) is 86.7 Å². The summed E-state index contributed by atoms with van der Waals surface area (Å²) in [5.74, 6) is -1.30. The molecule has 6 nitrogen and oxygen atoms in total. The summed E-state index contributed by atoms with van der Waals surface area (Å²) in [4.78, 5) is 36.8. The van der Waals surface area contributed by atoms with Crippen molar-refractivity contribution in [1.29, 1.82) is 0 Å². The number of nitrogens with zero attached hydrogens (tertiary/aromatic N) is 1. The first-order chi connectivity index (χ1) is 9.86. The predicted molar refractivity (Wildman–Crippen MR) is 78.6 cm³/mol. The molecule has 2 amide bonds. The summed E-state index contributed by atoms with van der Waals surface area (Å²) in [6.45, 7) is 6.76. The van der Waals surface area contributed by atoms with Crippen LogP contribution in [0.2, 0.25) is 0 Å². The van der Waals surface area contributed by atoms with Crippen molar-refractivity contribution in [2.45, 2.75) is 52.5 Å². The van der Waals surface area contributed by atoms with Gasteiger partial charge >= 0.3 is 5.97 Å². The highest BCUT2D eigenvalue weighted by Gasteiger charge is 2.30. The summed E-state index contributed by atoms with van der Waals surface area (Å²) < 4.78 is 0. The van der Waals surface area contributed by atoms with Gasteiger partial charge in [0.15, 0.2) is 0 Å². The lowest BCUT2D eigenvalue weighted by molar-refractivity contribution is -0.143. The number of carbonyl (C=O) groups is 3. The molecule has 1 rings (SSSR count). The summed E-state index contributed by atoms with van der Waals surface area (Å²) in [6.07, 6.45) is 2.34. The zero-order chi connectivity index (χ0) is 16.0. The molecule has 0 bridgehead atoms. The van der Waals surface area contributed by atoms with Crippen molar-refractivity contribution in [2.75, 3.05) is 13.1 Å². The average molecular weight is 298 g/mol. The Hall–Kier alpha value is -1.59. The van der Waals surface area contributed by atoms with Crippen molar-refractivity contribution < 1.29 is 19.5 Å². The van der Waals surface area contributed by atoms with E-state index < -0.39 is 12.0 Å². The molecule has 2 N–H and O–H groups in total. The fourth-order valence-electron chi connectivity index (χ4n) is 2.56. The number of carboxylic acids is 1. The van der Waals surface area contributed by atoms with Crippen LogP contribution in [0.5, 0.6) is 0 Å². The van der Waals surface area contributed by atoms with Gasteiger partial charge in [-0.25, -0.2) is 4.79 Å². The van der Waals surface area contributed by atoms with Crippen molar-refractivity contribution in [3.8, 4) is 0 Å². The molecule has 0 saturated carbocycles. The molecule has 1 aliphatic heterocycles. The van der Waals surface area contributed by atoms with Crippen LogP contribution in [-0.2, 0) is 14.4 Å². The van der Waals surface area contributed by atoms with Gasteiger partial charge in [0.2, 0.25) is 11.8 Å². The van der Waals surface area contributed by atoms with Crippen molar-refractivity contribution in [2.24, 2.45) is 11.8 Å². The molecule has 0 aliphatic carbocycles. The summed E-state index contributed by atoms with van der Waals surface area (Å²) in [7, 11) is 0. The number of hydrogen-bond acceptors (Lipinski definition) is 3. The monoisotopic (exact) mass is 298 g/mol. The Morgan fingerprint density at radius 2 is 1.81 bits per heavy atom. The lowest BCUT2D eigenvalue weighted by Crippen LogP contribution is -2.48. The average Bonchev–Trinajstić information content (AvgIpc) is 2.45. The minimum Gasteiger partial charge on any atom is -0.480 e. The number of carbonyl (C=O) groups excluding carboxylic acids is 2. The summed E-state index contributed by atoms with van der Waals surface area (Å²) in [6, 6.07) is -0.808. The summed E-state index contributed by atoms with van der Waals surface area (Å²) in [5.41, 5.74) is 0. The number of likely N-dealkylation sites (tertiary alicyclic amines) is 1. The normalized spacial score (nSPS) is 17.6. The smallest absolute Gasteiger partial charge is 0.326 e. The molecule has 120 valence electrons. The molecule has 0 spiro atoms. The quantitative estimate of drug-likeness (QED) is 0.772. The van der Waals surface area contributed by atoms with Crippen LogP contribution in [0.4, 0.5) is 0 Å². The van der Waals surface area contributed by atoms with Crippen LogP contribution in [0.15, 0.2) is 0 Å². The van der Waals surface area contributed by atoms with Crippen LogP contribution in [0, 0.1) is 11.8 Å². The Morgan fingerprint density at radius 1 is 1.24 bits per heavy atom. The van der Waals surface area contributed by atoms with Crippen LogP contribution in [-0.4, -0.2) is 46.9 Å². The van der Waals surface area contributed by atoms with E-state index in [1.807, 2.05) is 20.8 Å². The van der Waals surface area contributed by atoms with E-state index >= 15 is 0 Å². The maximum Gasteiger partial charge on any atom is 0.326 e. The van der Waals surface area contributed by atoms with Gasteiger partial charge in [-0.15, -0.1) is 0 Å². The summed E-state index contributed by atoms with van der Waals surface area (Å²) >= 11 is 0. The molecular formula is C15H26N2O4. The van der Waals surface area contributed by atoms with E-state index in [1.165, 1.54) is 0 Å². The number of carboxylic acid groups (broad SMARTS) is 1. The molecule has 1 atom stereocenters. The molecule has 1 aliphatic rings. The number of hydrogen-bond donors (Lipinski definition) is 2. The lowest BCUT2D eigenvalue weighted by atomic mass is 9.94. The molecule has 0 radical (unpaired) electrons. The third-order valence-corrected chi connectivity index (χ3v) is 3.86. The lowest BCUT2D eigenvalue weighted by Gasteiger charge is -2.32. The van der Waals surface area contributed by atoms with E-state index in [0.717, 1.165) is 0 Å². The SMILES string of the molecule is CCC[C@@H](NC(=O)C1CCN(C(=O)C(C)C)CC1)C(=O)O. The second-order valence-electron chi connectivity index (χ2n) is 5.94. The Balaban J connectivity index is 2.48. The first-order valence-corrected chi connectivity index (χ1v) is 7.68. The molecule has 1 saturated heterocycles. The molecule has 0 aromatic rings. The number of piperidine rings is 1. The van der Waals surface area contributed by atoms with Gasteiger partial charge < -0.3 is 15.3 Å². The number of amides is 2. The van der Waals surface area contributed by atoms with Crippen molar-refractivity contribution in [1.82, 2.24) is 10.2 Å². The highest BCUT2D eigenvalue weighted by atomic mass is 16.4. The van der Waals surface area contributed by atoms with Crippen LogP contribution in [0.25, 0.3) is 0 Å². The fraction of sp³-hybridized carbons (Fsp3) is 0.800.